The van der Waals surface area contributed by atoms with Gasteiger partial charge in [0, 0.05) is 12.6 Å². The second-order valence-electron chi connectivity index (χ2n) is 3.10. The van der Waals surface area contributed by atoms with Gasteiger partial charge < -0.3 is 10.5 Å². The molecule has 0 amide bonds. The summed E-state index contributed by atoms with van der Waals surface area (Å²) in [6.07, 6.45) is 0.998. The fourth-order valence-corrected chi connectivity index (χ4v) is 0.573. The first-order valence-electron chi connectivity index (χ1n) is 4.00. The Morgan fingerprint density at radius 3 is 2.30 bits per heavy atom. The van der Waals surface area contributed by atoms with E-state index in [1.807, 2.05) is 0 Å². The molecule has 1 atom stereocenters. The van der Waals surface area contributed by atoms with E-state index in [0.717, 1.165) is 13.0 Å². The van der Waals surface area contributed by atoms with Crippen LogP contribution in [0.15, 0.2) is 0 Å². The first kappa shape index (κ1) is 9.92. The molecule has 0 aliphatic carbocycles. The normalized spacial score (nSPS) is 14.1. The molecule has 0 spiro atoms. The van der Waals surface area contributed by atoms with Crippen molar-refractivity contribution in [1.29, 1.82) is 0 Å². The molecule has 0 aliphatic heterocycles. The van der Waals surface area contributed by atoms with Gasteiger partial charge in [-0.3, -0.25) is 0 Å². The van der Waals surface area contributed by atoms with Crippen molar-refractivity contribution in [3.63, 3.8) is 0 Å². The largest absolute Gasteiger partial charge is 0.380 e. The minimum atomic E-state index is 0.221. The summed E-state index contributed by atoms with van der Waals surface area (Å²) in [7, 11) is 0. The minimum Gasteiger partial charge on any atom is -0.380 e. The molecule has 2 nitrogen and oxygen atoms in total. The van der Waals surface area contributed by atoms with E-state index < -0.39 is 0 Å². The number of rotatable bonds is 5. The van der Waals surface area contributed by atoms with Crippen molar-refractivity contribution < 1.29 is 4.74 Å². The van der Waals surface area contributed by atoms with Crippen LogP contribution in [0.4, 0.5) is 0 Å². The van der Waals surface area contributed by atoms with Crippen LogP contribution in [0.1, 0.15) is 27.2 Å². The third kappa shape index (κ3) is 6.05. The van der Waals surface area contributed by atoms with E-state index in [0.29, 0.717) is 12.5 Å². The van der Waals surface area contributed by atoms with Gasteiger partial charge in [-0.15, -0.1) is 0 Å². The standard InChI is InChI=1S/C8H19NO/c1-4-8(9)6-10-5-7(2)3/h7-8H,4-6,9H2,1-3H3. The molecule has 0 fully saturated rings. The van der Waals surface area contributed by atoms with E-state index in [-0.39, 0.29) is 6.04 Å². The van der Waals surface area contributed by atoms with Crippen molar-refractivity contribution >= 4 is 0 Å². The Hall–Kier alpha value is -0.0800. The SMILES string of the molecule is CCC(N)COCC(C)C. The fourth-order valence-electron chi connectivity index (χ4n) is 0.573. The summed E-state index contributed by atoms with van der Waals surface area (Å²) in [5.41, 5.74) is 5.63. The third-order valence-electron chi connectivity index (χ3n) is 1.31. The summed E-state index contributed by atoms with van der Waals surface area (Å²) >= 11 is 0. The van der Waals surface area contributed by atoms with E-state index in [1.165, 1.54) is 0 Å². The van der Waals surface area contributed by atoms with E-state index >= 15 is 0 Å². The summed E-state index contributed by atoms with van der Waals surface area (Å²) in [4.78, 5) is 0. The smallest absolute Gasteiger partial charge is 0.0617 e. The summed E-state index contributed by atoms with van der Waals surface area (Å²) < 4.78 is 5.32. The summed E-state index contributed by atoms with van der Waals surface area (Å²) in [5, 5.41) is 0. The molecule has 0 bridgehead atoms. The Labute approximate surface area is 63.7 Å². The molecule has 1 unspecified atom stereocenters. The van der Waals surface area contributed by atoms with Crippen molar-refractivity contribution in [2.75, 3.05) is 13.2 Å². The Morgan fingerprint density at radius 2 is 1.90 bits per heavy atom. The first-order chi connectivity index (χ1) is 4.66. The monoisotopic (exact) mass is 145 g/mol. The second-order valence-corrected chi connectivity index (χ2v) is 3.10. The summed E-state index contributed by atoms with van der Waals surface area (Å²) in [6.45, 7) is 7.88. The third-order valence-corrected chi connectivity index (χ3v) is 1.31. The molecule has 0 heterocycles. The second kappa shape index (κ2) is 5.69. The van der Waals surface area contributed by atoms with Crippen LogP contribution >= 0.6 is 0 Å². The molecule has 2 heteroatoms. The van der Waals surface area contributed by atoms with Crippen LogP contribution in [0.5, 0.6) is 0 Å². The highest BCUT2D eigenvalue weighted by Crippen LogP contribution is 1.94. The van der Waals surface area contributed by atoms with Gasteiger partial charge in [-0.2, -0.15) is 0 Å². The van der Waals surface area contributed by atoms with Crippen molar-refractivity contribution in [2.24, 2.45) is 11.7 Å². The molecule has 62 valence electrons. The van der Waals surface area contributed by atoms with Gasteiger partial charge >= 0.3 is 0 Å². The molecule has 0 radical (unpaired) electrons. The molecule has 0 aromatic rings. The Morgan fingerprint density at radius 1 is 1.30 bits per heavy atom. The first-order valence-corrected chi connectivity index (χ1v) is 4.00. The van der Waals surface area contributed by atoms with Crippen LogP contribution in [0.3, 0.4) is 0 Å². The quantitative estimate of drug-likeness (QED) is 0.634. The summed E-state index contributed by atoms with van der Waals surface area (Å²) in [6, 6.07) is 0.221. The van der Waals surface area contributed by atoms with Gasteiger partial charge in [-0.25, -0.2) is 0 Å². The Bertz CT molecular complexity index is 73.7. The lowest BCUT2D eigenvalue weighted by molar-refractivity contribution is 0.0975. The van der Waals surface area contributed by atoms with Crippen molar-refractivity contribution in [2.45, 2.75) is 33.2 Å². The van der Waals surface area contributed by atoms with Gasteiger partial charge in [0.05, 0.1) is 6.61 Å². The zero-order chi connectivity index (χ0) is 7.98. The minimum absolute atomic E-state index is 0.221. The van der Waals surface area contributed by atoms with Gasteiger partial charge in [-0.1, -0.05) is 20.8 Å². The maximum atomic E-state index is 5.63. The maximum Gasteiger partial charge on any atom is 0.0617 e. The zero-order valence-electron chi connectivity index (χ0n) is 7.26. The highest BCUT2D eigenvalue weighted by Gasteiger charge is 1.99. The van der Waals surface area contributed by atoms with Crippen LogP contribution in [0.25, 0.3) is 0 Å². The highest BCUT2D eigenvalue weighted by molar-refractivity contribution is 4.55. The zero-order valence-corrected chi connectivity index (χ0v) is 7.26. The van der Waals surface area contributed by atoms with E-state index in [4.69, 9.17) is 10.5 Å². The lowest BCUT2D eigenvalue weighted by Gasteiger charge is -2.10. The van der Waals surface area contributed by atoms with Gasteiger partial charge in [0.2, 0.25) is 0 Å². The molecule has 10 heavy (non-hydrogen) atoms. The lowest BCUT2D eigenvalue weighted by Crippen LogP contribution is -2.25. The Balaban J connectivity index is 3.03. The van der Waals surface area contributed by atoms with Crippen LogP contribution in [0.2, 0.25) is 0 Å². The number of ether oxygens (including phenoxy) is 1. The number of hydrogen-bond donors (Lipinski definition) is 1. The highest BCUT2D eigenvalue weighted by atomic mass is 16.5. The molecular formula is C8H19NO. The molecule has 0 saturated carbocycles. The number of hydrogen-bond acceptors (Lipinski definition) is 2. The van der Waals surface area contributed by atoms with Crippen LogP contribution < -0.4 is 5.73 Å². The topological polar surface area (TPSA) is 35.2 Å². The van der Waals surface area contributed by atoms with Crippen LogP contribution in [0, 0.1) is 5.92 Å². The van der Waals surface area contributed by atoms with E-state index in [2.05, 4.69) is 20.8 Å². The van der Waals surface area contributed by atoms with Gasteiger partial charge in [0.15, 0.2) is 0 Å². The fraction of sp³-hybridized carbons (Fsp3) is 1.00. The predicted octanol–water partition coefficient (Wildman–Crippen LogP) is 1.40. The molecule has 0 aliphatic rings. The van der Waals surface area contributed by atoms with Gasteiger partial charge in [0.25, 0.3) is 0 Å². The number of nitrogens with two attached hydrogens (primary N) is 1. The molecule has 0 aromatic carbocycles. The average molecular weight is 145 g/mol. The van der Waals surface area contributed by atoms with Crippen molar-refractivity contribution in [3.05, 3.63) is 0 Å². The van der Waals surface area contributed by atoms with Crippen molar-refractivity contribution in [1.82, 2.24) is 0 Å². The van der Waals surface area contributed by atoms with Gasteiger partial charge in [0.1, 0.15) is 0 Å². The van der Waals surface area contributed by atoms with Gasteiger partial charge in [-0.05, 0) is 12.3 Å². The summed E-state index contributed by atoms with van der Waals surface area (Å²) in [5.74, 6) is 0.615. The molecule has 0 rings (SSSR count). The van der Waals surface area contributed by atoms with E-state index in [1.54, 1.807) is 0 Å². The molecular weight excluding hydrogens is 126 g/mol. The van der Waals surface area contributed by atoms with E-state index in [9.17, 15) is 0 Å². The predicted molar refractivity (Wildman–Crippen MR) is 43.9 cm³/mol. The average Bonchev–Trinajstić information content (AvgIpc) is 1.87. The molecule has 0 saturated heterocycles. The molecule has 0 aromatic heterocycles. The van der Waals surface area contributed by atoms with Crippen molar-refractivity contribution in [3.8, 4) is 0 Å². The Kier molecular flexibility index (Phi) is 5.64. The molecule has 2 N–H and O–H groups in total. The van der Waals surface area contributed by atoms with Crippen LogP contribution in [-0.2, 0) is 4.74 Å². The lowest BCUT2D eigenvalue weighted by atomic mass is 10.2. The maximum absolute atomic E-state index is 5.63. The van der Waals surface area contributed by atoms with Crippen LogP contribution in [-0.4, -0.2) is 19.3 Å².